The number of hydrogen-bond acceptors (Lipinski definition) is 2. The topological polar surface area (TPSA) is 37.3 Å². The highest BCUT2D eigenvalue weighted by molar-refractivity contribution is 9.10. The van der Waals surface area contributed by atoms with E-state index in [1.165, 1.54) is 6.92 Å². The van der Waals surface area contributed by atoms with Crippen molar-refractivity contribution < 1.29 is 9.90 Å². The Morgan fingerprint density at radius 3 is 2.47 bits per heavy atom. The third kappa shape index (κ3) is 1.63. The monoisotopic (exact) mass is 264 g/mol. The van der Waals surface area contributed by atoms with E-state index >= 15 is 0 Å². The molecule has 0 aromatic heterocycles. The maximum absolute atomic E-state index is 11.3. The van der Waals surface area contributed by atoms with E-state index in [0.29, 0.717) is 10.9 Å². The predicted octanol–water partition coefficient (Wildman–Crippen LogP) is 3.51. The number of phenols is 1. The summed E-state index contributed by atoms with van der Waals surface area (Å²) in [4.78, 5) is 11.3. The van der Waals surface area contributed by atoms with Crippen LogP contribution in [0, 0.1) is 0 Å². The fourth-order valence-electron chi connectivity index (χ4n) is 1.58. The number of hydrogen-bond donors (Lipinski definition) is 1. The van der Waals surface area contributed by atoms with Crippen molar-refractivity contribution in [1.82, 2.24) is 0 Å². The summed E-state index contributed by atoms with van der Waals surface area (Å²) < 4.78 is 0.820. The van der Waals surface area contributed by atoms with E-state index in [4.69, 9.17) is 0 Å². The van der Waals surface area contributed by atoms with Gasteiger partial charge >= 0.3 is 0 Å². The minimum Gasteiger partial charge on any atom is -0.507 e. The number of Topliss-reactive ketones (excluding diaryl/α,β-unsaturated/α-hetero) is 1. The number of ketones is 1. The zero-order valence-corrected chi connectivity index (χ0v) is 9.71. The Hall–Kier alpha value is -1.35. The van der Waals surface area contributed by atoms with Crippen LogP contribution in [-0.2, 0) is 0 Å². The van der Waals surface area contributed by atoms with Crippen LogP contribution in [0.15, 0.2) is 34.8 Å². The SMILES string of the molecule is CC(=O)c1cc(Br)c2ccccc2c1O. The van der Waals surface area contributed by atoms with Gasteiger partial charge in [-0.05, 0) is 18.4 Å². The molecule has 0 amide bonds. The average molecular weight is 265 g/mol. The molecular formula is C12H9BrO2. The summed E-state index contributed by atoms with van der Waals surface area (Å²) in [7, 11) is 0. The van der Waals surface area contributed by atoms with Gasteiger partial charge in [0.2, 0.25) is 0 Å². The molecule has 0 aliphatic rings. The highest BCUT2D eigenvalue weighted by Gasteiger charge is 2.12. The minimum atomic E-state index is -0.140. The maximum atomic E-state index is 11.3. The summed E-state index contributed by atoms with van der Waals surface area (Å²) in [6, 6.07) is 9.06. The zero-order valence-electron chi connectivity index (χ0n) is 8.12. The molecule has 0 spiro atoms. The van der Waals surface area contributed by atoms with Crippen LogP contribution in [0.2, 0.25) is 0 Å². The van der Waals surface area contributed by atoms with Gasteiger partial charge in [0, 0.05) is 9.86 Å². The summed E-state index contributed by atoms with van der Waals surface area (Å²) >= 11 is 3.39. The molecule has 0 saturated heterocycles. The predicted molar refractivity (Wildman–Crippen MR) is 63.3 cm³/mol. The molecule has 0 atom stereocenters. The Morgan fingerprint density at radius 1 is 1.27 bits per heavy atom. The largest absolute Gasteiger partial charge is 0.507 e. The lowest BCUT2D eigenvalue weighted by molar-refractivity contribution is 0.101. The van der Waals surface area contributed by atoms with Crippen molar-refractivity contribution >= 4 is 32.5 Å². The van der Waals surface area contributed by atoms with Gasteiger partial charge < -0.3 is 5.11 Å². The second-order valence-corrected chi connectivity index (χ2v) is 4.21. The molecule has 0 heterocycles. The fourth-order valence-corrected chi connectivity index (χ4v) is 2.16. The molecule has 15 heavy (non-hydrogen) atoms. The molecule has 0 aliphatic carbocycles. The highest BCUT2D eigenvalue weighted by atomic mass is 79.9. The zero-order chi connectivity index (χ0) is 11.0. The summed E-state index contributed by atoms with van der Waals surface area (Å²) in [6.45, 7) is 1.44. The summed E-state index contributed by atoms with van der Waals surface area (Å²) in [5, 5.41) is 11.5. The van der Waals surface area contributed by atoms with Crippen LogP contribution < -0.4 is 0 Å². The van der Waals surface area contributed by atoms with Gasteiger partial charge in [0.25, 0.3) is 0 Å². The van der Waals surface area contributed by atoms with Gasteiger partial charge in [-0.1, -0.05) is 40.2 Å². The molecule has 0 unspecified atom stereocenters. The van der Waals surface area contributed by atoms with Crippen LogP contribution in [0.3, 0.4) is 0 Å². The number of aromatic hydroxyl groups is 1. The smallest absolute Gasteiger partial charge is 0.163 e. The van der Waals surface area contributed by atoms with Crippen molar-refractivity contribution in [1.29, 1.82) is 0 Å². The molecule has 2 aromatic rings. The molecule has 0 fully saturated rings. The number of halogens is 1. The van der Waals surface area contributed by atoms with E-state index in [1.807, 2.05) is 18.2 Å². The first-order valence-electron chi connectivity index (χ1n) is 4.52. The van der Waals surface area contributed by atoms with Crippen molar-refractivity contribution in [2.45, 2.75) is 6.92 Å². The summed E-state index contributed by atoms with van der Waals surface area (Å²) in [6.07, 6.45) is 0. The van der Waals surface area contributed by atoms with Gasteiger partial charge in [0.05, 0.1) is 5.56 Å². The number of phenolic OH excluding ortho intramolecular Hbond substituents is 1. The van der Waals surface area contributed by atoms with E-state index in [0.717, 1.165) is 9.86 Å². The Morgan fingerprint density at radius 2 is 1.87 bits per heavy atom. The Bertz CT molecular complexity index is 547. The van der Waals surface area contributed by atoms with E-state index in [-0.39, 0.29) is 11.5 Å². The van der Waals surface area contributed by atoms with Crippen molar-refractivity contribution in [3.63, 3.8) is 0 Å². The quantitative estimate of drug-likeness (QED) is 0.801. The fraction of sp³-hybridized carbons (Fsp3) is 0.0833. The normalized spacial score (nSPS) is 10.5. The molecule has 1 N–H and O–H groups in total. The van der Waals surface area contributed by atoms with Crippen molar-refractivity contribution in [2.24, 2.45) is 0 Å². The van der Waals surface area contributed by atoms with Crippen LogP contribution in [0.25, 0.3) is 10.8 Å². The van der Waals surface area contributed by atoms with Crippen LogP contribution in [0.1, 0.15) is 17.3 Å². The number of benzene rings is 2. The Kier molecular flexibility index (Phi) is 2.49. The summed E-state index contributed by atoms with van der Waals surface area (Å²) in [5.74, 6) is -0.0831. The molecule has 2 aromatic carbocycles. The first-order valence-corrected chi connectivity index (χ1v) is 5.31. The van der Waals surface area contributed by atoms with Gasteiger partial charge in [-0.15, -0.1) is 0 Å². The van der Waals surface area contributed by atoms with E-state index in [1.54, 1.807) is 12.1 Å². The lowest BCUT2D eigenvalue weighted by Crippen LogP contribution is -1.93. The van der Waals surface area contributed by atoms with Crippen LogP contribution in [-0.4, -0.2) is 10.9 Å². The standard InChI is InChI=1S/C12H9BrO2/c1-7(14)10-6-11(13)8-4-2-3-5-9(8)12(10)15/h2-6,15H,1H3. The second-order valence-electron chi connectivity index (χ2n) is 3.36. The number of rotatable bonds is 1. The van der Waals surface area contributed by atoms with E-state index in [9.17, 15) is 9.90 Å². The van der Waals surface area contributed by atoms with Crippen molar-refractivity contribution in [2.75, 3.05) is 0 Å². The lowest BCUT2D eigenvalue weighted by atomic mass is 10.0. The van der Waals surface area contributed by atoms with Gasteiger partial charge in [-0.2, -0.15) is 0 Å². The molecule has 0 aliphatic heterocycles. The number of carbonyl (C=O) groups is 1. The second kappa shape index (κ2) is 3.66. The lowest BCUT2D eigenvalue weighted by Gasteiger charge is -2.07. The molecule has 0 bridgehead atoms. The molecular weight excluding hydrogens is 256 g/mol. The van der Waals surface area contributed by atoms with Gasteiger partial charge in [0.1, 0.15) is 5.75 Å². The van der Waals surface area contributed by atoms with Gasteiger partial charge in [-0.25, -0.2) is 0 Å². The van der Waals surface area contributed by atoms with E-state index in [2.05, 4.69) is 15.9 Å². The molecule has 2 rings (SSSR count). The molecule has 76 valence electrons. The third-order valence-corrected chi connectivity index (χ3v) is 3.00. The highest BCUT2D eigenvalue weighted by Crippen LogP contribution is 2.34. The third-order valence-electron chi connectivity index (χ3n) is 2.34. The Labute approximate surface area is 95.7 Å². The molecule has 2 nitrogen and oxygen atoms in total. The van der Waals surface area contributed by atoms with Crippen LogP contribution >= 0.6 is 15.9 Å². The Balaban J connectivity index is 2.90. The molecule has 0 saturated carbocycles. The first kappa shape index (κ1) is 10.2. The van der Waals surface area contributed by atoms with Crippen LogP contribution in [0.4, 0.5) is 0 Å². The van der Waals surface area contributed by atoms with Crippen LogP contribution in [0.5, 0.6) is 5.75 Å². The first-order chi connectivity index (χ1) is 7.11. The van der Waals surface area contributed by atoms with Crippen molar-refractivity contribution in [3.8, 4) is 5.75 Å². The van der Waals surface area contributed by atoms with Gasteiger partial charge in [-0.3, -0.25) is 4.79 Å². The molecule has 0 radical (unpaired) electrons. The minimum absolute atomic E-state index is 0.0568. The number of carbonyl (C=O) groups excluding carboxylic acids is 1. The maximum Gasteiger partial charge on any atom is 0.163 e. The number of fused-ring (bicyclic) bond motifs is 1. The van der Waals surface area contributed by atoms with E-state index < -0.39 is 0 Å². The van der Waals surface area contributed by atoms with Crippen molar-refractivity contribution in [3.05, 3.63) is 40.4 Å². The average Bonchev–Trinajstić information content (AvgIpc) is 2.23. The van der Waals surface area contributed by atoms with Gasteiger partial charge in [0.15, 0.2) is 5.78 Å². The molecule has 3 heteroatoms. The summed E-state index contributed by atoms with van der Waals surface area (Å²) in [5.41, 5.74) is 0.348.